The molecule has 0 aliphatic rings. The first-order chi connectivity index (χ1) is 5.17. The van der Waals surface area contributed by atoms with Crippen molar-refractivity contribution >= 4 is 18.3 Å². The van der Waals surface area contributed by atoms with Gasteiger partial charge in [0.2, 0.25) is 0 Å². The molecule has 0 N–H and O–H groups in total. The third kappa shape index (κ3) is 2.89. The quantitative estimate of drug-likeness (QED) is 0.350. The lowest BCUT2D eigenvalue weighted by Gasteiger charge is -2.03. The Morgan fingerprint density at radius 3 is 2.45 bits per heavy atom. The Morgan fingerprint density at radius 1 is 1.64 bits per heavy atom. The molecule has 0 atom stereocenters. The Labute approximate surface area is 73.5 Å². The third-order valence-electron chi connectivity index (χ3n) is 1.66. The molecule has 0 radical (unpaired) electrons. The SMILES string of the molecule is C=N/C(Cl)=C(C)\C(=C/C)CC. The van der Waals surface area contributed by atoms with E-state index in [9.17, 15) is 0 Å². The van der Waals surface area contributed by atoms with E-state index in [1.807, 2.05) is 19.9 Å². The van der Waals surface area contributed by atoms with Crippen LogP contribution >= 0.6 is 11.6 Å². The first kappa shape index (κ1) is 10.4. The Hall–Kier alpha value is -0.560. The van der Waals surface area contributed by atoms with Crippen molar-refractivity contribution in [2.45, 2.75) is 27.2 Å². The average Bonchev–Trinajstić information content (AvgIpc) is 2.05. The molecule has 11 heavy (non-hydrogen) atoms. The molecule has 0 heterocycles. The van der Waals surface area contributed by atoms with Gasteiger partial charge < -0.3 is 0 Å². The average molecular weight is 172 g/mol. The van der Waals surface area contributed by atoms with Crippen molar-refractivity contribution in [1.29, 1.82) is 0 Å². The van der Waals surface area contributed by atoms with Gasteiger partial charge in [0.1, 0.15) is 5.16 Å². The normalized spacial score (nSPS) is 14.4. The molecule has 0 amide bonds. The van der Waals surface area contributed by atoms with Crippen LogP contribution in [0.15, 0.2) is 27.4 Å². The topological polar surface area (TPSA) is 12.4 Å². The Morgan fingerprint density at radius 2 is 2.18 bits per heavy atom. The van der Waals surface area contributed by atoms with Crippen LogP contribution in [0.5, 0.6) is 0 Å². The molecular formula is C9H14ClN. The molecule has 0 bridgehead atoms. The molecule has 0 aromatic rings. The number of halogens is 1. The van der Waals surface area contributed by atoms with Crippen LogP contribution in [0.25, 0.3) is 0 Å². The van der Waals surface area contributed by atoms with Crippen LogP contribution in [-0.2, 0) is 0 Å². The summed E-state index contributed by atoms with van der Waals surface area (Å²) in [6, 6.07) is 0. The van der Waals surface area contributed by atoms with Crippen molar-refractivity contribution in [1.82, 2.24) is 0 Å². The lowest BCUT2D eigenvalue weighted by atomic mass is 10.1. The van der Waals surface area contributed by atoms with Crippen molar-refractivity contribution < 1.29 is 0 Å². The van der Waals surface area contributed by atoms with Crippen molar-refractivity contribution in [3.63, 3.8) is 0 Å². The molecule has 0 saturated heterocycles. The summed E-state index contributed by atoms with van der Waals surface area (Å²) in [6.07, 6.45) is 3.02. The molecule has 0 saturated carbocycles. The van der Waals surface area contributed by atoms with E-state index in [0.717, 1.165) is 12.0 Å². The molecular weight excluding hydrogens is 158 g/mol. The van der Waals surface area contributed by atoms with E-state index >= 15 is 0 Å². The Bertz CT molecular complexity index is 202. The minimum Gasteiger partial charge on any atom is -0.252 e. The van der Waals surface area contributed by atoms with Gasteiger partial charge in [-0.1, -0.05) is 24.6 Å². The summed E-state index contributed by atoms with van der Waals surface area (Å²) in [5.41, 5.74) is 2.24. The van der Waals surface area contributed by atoms with Gasteiger partial charge in [0.05, 0.1) is 0 Å². The summed E-state index contributed by atoms with van der Waals surface area (Å²) in [5, 5.41) is 0.500. The zero-order chi connectivity index (χ0) is 8.85. The Balaban J connectivity index is 4.70. The first-order valence-electron chi connectivity index (χ1n) is 3.66. The molecule has 0 aliphatic heterocycles. The first-order valence-corrected chi connectivity index (χ1v) is 4.03. The zero-order valence-corrected chi connectivity index (χ0v) is 8.07. The molecule has 0 unspecified atom stereocenters. The summed E-state index contributed by atoms with van der Waals surface area (Å²) in [5.74, 6) is 0. The van der Waals surface area contributed by atoms with Gasteiger partial charge in [0.25, 0.3) is 0 Å². The number of hydrogen-bond donors (Lipinski definition) is 0. The summed E-state index contributed by atoms with van der Waals surface area (Å²) in [6.45, 7) is 9.40. The molecule has 62 valence electrons. The number of aliphatic imine (C=N–C) groups is 1. The minimum atomic E-state index is 0.500. The standard InChI is InChI=1S/C9H14ClN/c1-5-8(6-2)7(3)9(10)11-4/h5H,4,6H2,1-3H3/b8-5-,9-7-. The summed E-state index contributed by atoms with van der Waals surface area (Å²) in [4.78, 5) is 3.66. The maximum absolute atomic E-state index is 5.78. The van der Waals surface area contributed by atoms with Gasteiger partial charge >= 0.3 is 0 Å². The summed E-state index contributed by atoms with van der Waals surface area (Å²) >= 11 is 5.78. The van der Waals surface area contributed by atoms with Crippen LogP contribution < -0.4 is 0 Å². The third-order valence-corrected chi connectivity index (χ3v) is 2.06. The molecule has 2 heteroatoms. The van der Waals surface area contributed by atoms with Gasteiger partial charge in [-0.25, -0.2) is 0 Å². The van der Waals surface area contributed by atoms with Gasteiger partial charge in [-0.2, -0.15) is 0 Å². The number of allylic oxidation sites excluding steroid dienone is 3. The predicted molar refractivity (Wildman–Crippen MR) is 52.2 cm³/mol. The number of hydrogen-bond acceptors (Lipinski definition) is 1. The van der Waals surface area contributed by atoms with E-state index in [1.165, 1.54) is 5.57 Å². The van der Waals surface area contributed by atoms with E-state index < -0.39 is 0 Å². The van der Waals surface area contributed by atoms with Gasteiger partial charge in [0.15, 0.2) is 0 Å². The second-order valence-corrected chi connectivity index (χ2v) is 2.60. The predicted octanol–water partition coefficient (Wildman–Crippen LogP) is 3.51. The molecule has 0 fully saturated rings. The van der Waals surface area contributed by atoms with Crippen LogP contribution in [0.3, 0.4) is 0 Å². The highest BCUT2D eigenvalue weighted by molar-refractivity contribution is 6.30. The van der Waals surface area contributed by atoms with E-state index in [4.69, 9.17) is 11.6 Å². The molecule has 1 nitrogen and oxygen atoms in total. The van der Waals surface area contributed by atoms with Gasteiger partial charge in [0, 0.05) is 0 Å². The van der Waals surface area contributed by atoms with E-state index in [0.29, 0.717) is 5.16 Å². The highest BCUT2D eigenvalue weighted by atomic mass is 35.5. The van der Waals surface area contributed by atoms with Crippen molar-refractivity contribution in [3.05, 3.63) is 22.4 Å². The highest BCUT2D eigenvalue weighted by Crippen LogP contribution is 2.20. The maximum Gasteiger partial charge on any atom is 0.131 e. The van der Waals surface area contributed by atoms with Crippen LogP contribution in [-0.4, -0.2) is 6.72 Å². The van der Waals surface area contributed by atoms with Crippen molar-refractivity contribution in [2.24, 2.45) is 4.99 Å². The fourth-order valence-corrected chi connectivity index (χ4v) is 1.06. The maximum atomic E-state index is 5.78. The lowest BCUT2D eigenvalue weighted by Crippen LogP contribution is -1.84. The monoisotopic (exact) mass is 171 g/mol. The van der Waals surface area contributed by atoms with Crippen molar-refractivity contribution in [2.75, 3.05) is 0 Å². The summed E-state index contributed by atoms with van der Waals surface area (Å²) in [7, 11) is 0. The van der Waals surface area contributed by atoms with Crippen LogP contribution in [0, 0.1) is 0 Å². The van der Waals surface area contributed by atoms with Crippen LogP contribution in [0.4, 0.5) is 0 Å². The molecule has 0 rings (SSSR count). The second-order valence-electron chi connectivity index (χ2n) is 2.24. The number of rotatable bonds is 3. The summed E-state index contributed by atoms with van der Waals surface area (Å²) < 4.78 is 0. The van der Waals surface area contributed by atoms with E-state index in [-0.39, 0.29) is 0 Å². The van der Waals surface area contributed by atoms with Crippen LogP contribution in [0.2, 0.25) is 0 Å². The molecule has 0 aromatic heterocycles. The fraction of sp³-hybridized carbons (Fsp3) is 0.444. The zero-order valence-electron chi connectivity index (χ0n) is 7.32. The molecule has 0 spiro atoms. The Kier molecular flexibility index (Phi) is 4.88. The molecule has 0 aliphatic carbocycles. The van der Waals surface area contributed by atoms with Gasteiger partial charge in [-0.05, 0) is 38.1 Å². The largest absolute Gasteiger partial charge is 0.252 e. The minimum absolute atomic E-state index is 0.500. The number of nitrogens with zero attached hydrogens (tertiary/aromatic N) is 1. The van der Waals surface area contributed by atoms with E-state index in [2.05, 4.69) is 18.6 Å². The lowest BCUT2D eigenvalue weighted by molar-refractivity contribution is 1.09. The van der Waals surface area contributed by atoms with E-state index in [1.54, 1.807) is 0 Å². The van der Waals surface area contributed by atoms with Gasteiger partial charge in [-0.15, -0.1) is 0 Å². The van der Waals surface area contributed by atoms with Crippen LogP contribution in [0.1, 0.15) is 27.2 Å². The smallest absolute Gasteiger partial charge is 0.131 e. The van der Waals surface area contributed by atoms with Gasteiger partial charge in [-0.3, -0.25) is 4.99 Å². The second kappa shape index (κ2) is 5.14. The fourth-order valence-electron chi connectivity index (χ4n) is 0.937. The molecule has 0 aromatic carbocycles. The van der Waals surface area contributed by atoms with Crippen molar-refractivity contribution in [3.8, 4) is 0 Å². The highest BCUT2D eigenvalue weighted by Gasteiger charge is 2.00.